The second-order valence-corrected chi connectivity index (χ2v) is 2.78. The van der Waals surface area contributed by atoms with Gasteiger partial charge in [0.1, 0.15) is 12.4 Å². The second-order valence-electron chi connectivity index (χ2n) is 2.78. The number of halogens is 3. The molecule has 1 atom stereocenters. The fraction of sp³-hybridized carbons (Fsp3) is 0.300. The molecule has 88 valence electrons. The highest BCUT2D eigenvalue weighted by atomic mass is 19.3. The molecule has 0 saturated carbocycles. The minimum Gasteiger partial charge on any atom is -0.425 e. The van der Waals surface area contributed by atoms with Crippen LogP contribution >= 0.6 is 0 Å². The van der Waals surface area contributed by atoms with Crippen molar-refractivity contribution < 1.29 is 27.4 Å². The van der Waals surface area contributed by atoms with Crippen LogP contribution in [0.25, 0.3) is 0 Å². The van der Waals surface area contributed by atoms with Gasteiger partial charge in [-0.3, -0.25) is 0 Å². The highest BCUT2D eigenvalue weighted by Crippen LogP contribution is 2.10. The Balaban J connectivity index is 2.32. The van der Waals surface area contributed by atoms with Gasteiger partial charge in [0.15, 0.2) is 0 Å². The average Bonchev–Trinajstić information content (AvgIpc) is 2.27. The zero-order valence-corrected chi connectivity index (χ0v) is 8.11. The SMILES string of the molecule is O=C(COC(F)C(F)F)Oc1ccccc1. The third-order valence-electron chi connectivity index (χ3n) is 1.53. The predicted octanol–water partition coefficient (Wildman–Crippen LogP) is 2.17. The number of para-hydroxylation sites is 1. The van der Waals surface area contributed by atoms with E-state index in [1.807, 2.05) is 0 Å². The quantitative estimate of drug-likeness (QED) is 0.578. The zero-order chi connectivity index (χ0) is 12.0. The van der Waals surface area contributed by atoms with Gasteiger partial charge in [0.05, 0.1) is 0 Å². The molecule has 0 amide bonds. The molecule has 0 heterocycles. The van der Waals surface area contributed by atoms with Crippen LogP contribution in [0.5, 0.6) is 5.75 Å². The minimum absolute atomic E-state index is 0.239. The molecular formula is C10H9F3O3. The van der Waals surface area contributed by atoms with Crippen molar-refractivity contribution in [2.24, 2.45) is 0 Å². The van der Waals surface area contributed by atoms with Gasteiger partial charge in [-0.15, -0.1) is 0 Å². The van der Waals surface area contributed by atoms with Gasteiger partial charge < -0.3 is 9.47 Å². The van der Waals surface area contributed by atoms with E-state index in [1.165, 1.54) is 12.1 Å². The molecule has 1 unspecified atom stereocenters. The largest absolute Gasteiger partial charge is 0.425 e. The van der Waals surface area contributed by atoms with E-state index in [9.17, 15) is 18.0 Å². The Kier molecular flexibility index (Phi) is 4.78. The van der Waals surface area contributed by atoms with Gasteiger partial charge in [-0.05, 0) is 12.1 Å². The highest BCUT2D eigenvalue weighted by Gasteiger charge is 2.21. The first-order valence-electron chi connectivity index (χ1n) is 4.39. The molecule has 0 radical (unpaired) electrons. The Labute approximate surface area is 89.8 Å². The van der Waals surface area contributed by atoms with E-state index in [1.54, 1.807) is 18.2 Å². The van der Waals surface area contributed by atoms with Crippen molar-refractivity contribution in [2.75, 3.05) is 6.61 Å². The van der Waals surface area contributed by atoms with Crippen LogP contribution in [-0.2, 0) is 9.53 Å². The second kappa shape index (κ2) is 6.12. The van der Waals surface area contributed by atoms with Crippen molar-refractivity contribution in [3.05, 3.63) is 30.3 Å². The molecule has 0 aliphatic heterocycles. The van der Waals surface area contributed by atoms with E-state index >= 15 is 0 Å². The summed E-state index contributed by atoms with van der Waals surface area (Å²) in [7, 11) is 0. The van der Waals surface area contributed by atoms with Crippen LogP contribution < -0.4 is 4.74 Å². The van der Waals surface area contributed by atoms with Crippen LogP contribution in [0, 0.1) is 0 Å². The van der Waals surface area contributed by atoms with E-state index in [2.05, 4.69) is 9.47 Å². The normalized spacial score (nSPS) is 12.5. The molecule has 0 N–H and O–H groups in total. The smallest absolute Gasteiger partial charge is 0.337 e. The first-order valence-corrected chi connectivity index (χ1v) is 4.39. The van der Waals surface area contributed by atoms with Crippen LogP contribution in [0.3, 0.4) is 0 Å². The average molecular weight is 234 g/mol. The van der Waals surface area contributed by atoms with Crippen LogP contribution in [0.1, 0.15) is 0 Å². The maximum absolute atomic E-state index is 12.2. The molecule has 0 saturated heterocycles. The summed E-state index contributed by atoms with van der Waals surface area (Å²) < 4.78 is 44.2. The number of alkyl halides is 3. The Hall–Kier alpha value is -1.56. The Morgan fingerprint density at radius 1 is 1.19 bits per heavy atom. The standard InChI is InChI=1S/C10H9F3O3/c11-9(12)10(13)15-6-8(14)16-7-4-2-1-3-5-7/h1-5,9-10H,6H2. The first kappa shape index (κ1) is 12.5. The Morgan fingerprint density at radius 2 is 1.81 bits per heavy atom. The number of esters is 1. The maximum atomic E-state index is 12.2. The summed E-state index contributed by atoms with van der Waals surface area (Å²) in [5, 5.41) is 0. The molecule has 0 spiro atoms. The lowest BCUT2D eigenvalue weighted by molar-refractivity contribution is -0.159. The molecule has 1 rings (SSSR count). The first-order chi connectivity index (χ1) is 7.59. The molecule has 0 fully saturated rings. The number of hydrogen-bond acceptors (Lipinski definition) is 3. The van der Waals surface area contributed by atoms with Crippen LogP contribution in [0.2, 0.25) is 0 Å². The lowest BCUT2D eigenvalue weighted by Crippen LogP contribution is -2.23. The summed E-state index contributed by atoms with van der Waals surface area (Å²) in [6, 6.07) is 7.96. The lowest BCUT2D eigenvalue weighted by atomic mass is 10.3. The Morgan fingerprint density at radius 3 is 2.38 bits per heavy atom. The molecule has 0 aliphatic rings. The maximum Gasteiger partial charge on any atom is 0.337 e. The summed E-state index contributed by atoms with van der Waals surface area (Å²) in [6.07, 6.45) is -6.05. The summed E-state index contributed by atoms with van der Waals surface area (Å²) >= 11 is 0. The number of benzene rings is 1. The minimum atomic E-state index is -3.27. The number of carbonyl (C=O) groups excluding carboxylic acids is 1. The molecule has 0 aromatic heterocycles. The monoisotopic (exact) mass is 234 g/mol. The molecule has 1 aromatic carbocycles. The number of hydrogen-bond donors (Lipinski definition) is 0. The number of carbonyl (C=O) groups is 1. The van der Waals surface area contributed by atoms with Crippen molar-refractivity contribution >= 4 is 5.97 Å². The summed E-state index contributed by atoms with van der Waals surface area (Å²) in [5.74, 6) is -0.696. The van der Waals surface area contributed by atoms with Gasteiger partial charge >= 0.3 is 5.97 Å². The van der Waals surface area contributed by atoms with Gasteiger partial charge in [-0.1, -0.05) is 18.2 Å². The van der Waals surface area contributed by atoms with Crippen molar-refractivity contribution in [1.82, 2.24) is 0 Å². The van der Waals surface area contributed by atoms with Gasteiger partial charge in [-0.25, -0.2) is 18.0 Å². The summed E-state index contributed by atoms with van der Waals surface area (Å²) in [6.45, 7) is -0.861. The van der Waals surface area contributed by atoms with Crippen molar-refractivity contribution in [3.63, 3.8) is 0 Å². The van der Waals surface area contributed by atoms with Gasteiger partial charge in [0.25, 0.3) is 12.8 Å². The van der Waals surface area contributed by atoms with E-state index in [0.717, 1.165) is 0 Å². The van der Waals surface area contributed by atoms with E-state index in [-0.39, 0.29) is 5.75 Å². The van der Waals surface area contributed by atoms with Crippen molar-refractivity contribution in [1.29, 1.82) is 0 Å². The van der Waals surface area contributed by atoms with Crippen LogP contribution in [0.15, 0.2) is 30.3 Å². The lowest BCUT2D eigenvalue weighted by Gasteiger charge is -2.08. The van der Waals surface area contributed by atoms with Crippen molar-refractivity contribution in [3.8, 4) is 5.75 Å². The topological polar surface area (TPSA) is 35.5 Å². The number of rotatable bonds is 5. The van der Waals surface area contributed by atoms with E-state index < -0.39 is 25.4 Å². The van der Waals surface area contributed by atoms with E-state index in [4.69, 9.17) is 0 Å². The highest BCUT2D eigenvalue weighted by molar-refractivity contribution is 5.73. The molecule has 0 aliphatic carbocycles. The summed E-state index contributed by atoms with van der Waals surface area (Å²) in [4.78, 5) is 11.0. The van der Waals surface area contributed by atoms with Crippen LogP contribution in [-0.4, -0.2) is 25.4 Å². The third-order valence-corrected chi connectivity index (χ3v) is 1.53. The van der Waals surface area contributed by atoms with Crippen molar-refractivity contribution in [2.45, 2.75) is 12.8 Å². The summed E-state index contributed by atoms with van der Waals surface area (Å²) in [5.41, 5.74) is 0. The van der Waals surface area contributed by atoms with Gasteiger partial charge in [-0.2, -0.15) is 0 Å². The molecule has 1 aromatic rings. The number of ether oxygens (including phenoxy) is 2. The fourth-order valence-electron chi connectivity index (χ4n) is 0.870. The third kappa shape index (κ3) is 4.31. The zero-order valence-electron chi connectivity index (χ0n) is 8.11. The molecule has 3 nitrogen and oxygen atoms in total. The fourth-order valence-corrected chi connectivity index (χ4v) is 0.870. The van der Waals surface area contributed by atoms with E-state index in [0.29, 0.717) is 0 Å². The van der Waals surface area contributed by atoms with Crippen LogP contribution in [0.4, 0.5) is 13.2 Å². The molecule has 6 heteroatoms. The predicted molar refractivity (Wildman–Crippen MR) is 48.9 cm³/mol. The van der Waals surface area contributed by atoms with Gasteiger partial charge in [0.2, 0.25) is 0 Å². The Bertz CT molecular complexity index is 329. The molecular weight excluding hydrogens is 225 g/mol. The molecule has 0 bridgehead atoms. The van der Waals surface area contributed by atoms with Gasteiger partial charge in [0, 0.05) is 0 Å². The molecule has 16 heavy (non-hydrogen) atoms.